The van der Waals surface area contributed by atoms with E-state index in [4.69, 9.17) is 23.2 Å². The van der Waals surface area contributed by atoms with E-state index in [1.165, 1.54) is 0 Å². The summed E-state index contributed by atoms with van der Waals surface area (Å²) in [6, 6.07) is 26.6. The van der Waals surface area contributed by atoms with Gasteiger partial charge in [0.2, 0.25) is 0 Å². The molecule has 0 saturated heterocycles. The Hall–Kier alpha value is -2.95. The first kappa shape index (κ1) is 17.5. The molecule has 0 fully saturated rings. The zero-order chi connectivity index (χ0) is 18.6. The summed E-state index contributed by atoms with van der Waals surface area (Å²) in [4.78, 5) is 0. The second kappa shape index (κ2) is 7.74. The first-order valence-electron chi connectivity index (χ1n) is 8.29. The zero-order valence-electron chi connectivity index (χ0n) is 14.1. The van der Waals surface area contributed by atoms with Gasteiger partial charge in [-0.25, -0.2) is 4.68 Å². The number of aromatic nitrogens is 2. The summed E-state index contributed by atoms with van der Waals surface area (Å²) in [5.74, 6) is 0. The van der Waals surface area contributed by atoms with Crippen molar-refractivity contribution in [3.05, 3.63) is 95.1 Å². The van der Waals surface area contributed by atoms with Crippen molar-refractivity contribution in [1.82, 2.24) is 9.78 Å². The molecule has 0 spiro atoms. The molecule has 4 rings (SSSR count). The quantitative estimate of drug-likeness (QED) is 0.336. The average Bonchev–Trinajstić information content (AvgIpc) is 3.04. The van der Waals surface area contributed by atoms with E-state index >= 15 is 0 Å². The van der Waals surface area contributed by atoms with E-state index in [9.17, 15) is 0 Å². The van der Waals surface area contributed by atoms with Crippen LogP contribution < -0.4 is 0 Å². The molecule has 0 radical (unpaired) electrons. The number of azo groups is 1. The number of rotatable bonds is 4. The van der Waals surface area contributed by atoms with Crippen LogP contribution in [0.3, 0.4) is 0 Å². The predicted octanol–water partition coefficient (Wildman–Crippen LogP) is 7.26. The minimum absolute atomic E-state index is 0.394. The van der Waals surface area contributed by atoms with Gasteiger partial charge in [0.1, 0.15) is 5.69 Å². The molecule has 0 bridgehead atoms. The van der Waals surface area contributed by atoms with E-state index in [2.05, 4.69) is 15.3 Å². The third-order valence-electron chi connectivity index (χ3n) is 3.93. The van der Waals surface area contributed by atoms with Gasteiger partial charge >= 0.3 is 0 Å². The molecule has 1 aromatic heterocycles. The molecule has 4 nitrogen and oxygen atoms in total. The van der Waals surface area contributed by atoms with Crippen LogP contribution in [0.2, 0.25) is 10.2 Å². The summed E-state index contributed by atoms with van der Waals surface area (Å²) in [7, 11) is 0. The monoisotopic (exact) mass is 392 g/mol. The Labute approximate surface area is 166 Å². The molecule has 0 aliphatic rings. The Morgan fingerprint density at radius 2 is 1.44 bits per heavy atom. The van der Waals surface area contributed by atoms with Crippen LogP contribution in [0.4, 0.5) is 11.4 Å². The third-order valence-corrected chi connectivity index (χ3v) is 4.50. The van der Waals surface area contributed by atoms with Gasteiger partial charge in [0.15, 0.2) is 10.8 Å². The molecule has 6 heteroatoms. The summed E-state index contributed by atoms with van der Waals surface area (Å²) in [5, 5.41) is 14.4. The smallest absolute Gasteiger partial charge is 0.161 e. The van der Waals surface area contributed by atoms with Crippen molar-refractivity contribution in [2.24, 2.45) is 10.2 Å². The minimum atomic E-state index is 0.394. The van der Waals surface area contributed by atoms with Gasteiger partial charge in [-0.1, -0.05) is 77.8 Å². The lowest BCUT2D eigenvalue weighted by Crippen LogP contribution is -1.95. The highest BCUT2D eigenvalue weighted by molar-refractivity contribution is 6.33. The highest BCUT2D eigenvalue weighted by atomic mass is 35.5. The van der Waals surface area contributed by atoms with Crippen molar-refractivity contribution in [2.45, 2.75) is 0 Å². The summed E-state index contributed by atoms with van der Waals surface area (Å²) in [6.07, 6.45) is 0. The van der Waals surface area contributed by atoms with E-state index < -0.39 is 0 Å². The fourth-order valence-electron chi connectivity index (χ4n) is 2.65. The Kier molecular flexibility index (Phi) is 5.01. The van der Waals surface area contributed by atoms with Crippen LogP contribution in [0.1, 0.15) is 0 Å². The molecule has 1 heterocycles. The fourth-order valence-corrected chi connectivity index (χ4v) is 3.10. The Balaban J connectivity index is 1.85. The van der Waals surface area contributed by atoms with Gasteiger partial charge < -0.3 is 0 Å². The van der Waals surface area contributed by atoms with Gasteiger partial charge in [-0.05, 0) is 30.3 Å². The Morgan fingerprint density at radius 1 is 0.741 bits per heavy atom. The van der Waals surface area contributed by atoms with Gasteiger partial charge in [0.25, 0.3) is 0 Å². The summed E-state index contributed by atoms with van der Waals surface area (Å²) in [6.45, 7) is 0. The topological polar surface area (TPSA) is 42.5 Å². The number of nitrogens with zero attached hydrogens (tertiary/aromatic N) is 4. The molecule has 0 aliphatic carbocycles. The van der Waals surface area contributed by atoms with Gasteiger partial charge in [0, 0.05) is 10.6 Å². The van der Waals surface area contributed by atoms with Crippen LogP contribution in [0.25, 0.3) is 16.9 Å². The largest absolute Gasteiger partial charge is 0.219 e. The molecule has 0 aliphatic heterocycles. The normalized spacial score (nSPS) is 11.2. The highest BCUT2D eigenvalue weighted by Gasteiger charge is 2.19. The van der Waals surface area contributed by atoms with Crippen LogP contribution in [-0.4, -0.2) is 9.78 Å². The van der Waals surface area contributed by atoms with Crippen molar-refractivity contribution in [3.8, 4) is 16.9 Å². The van der Waals surface area contributed by atoms with Crippen LogP contribution in [-0.2, 0) is 0 Å². The lowest BCUT2D eigenvalue weighted by Gasteiger charge is -2.01. The molecule has 132 valence electrons. The number of hydrogen-bond donors (Lipinski definition) is 0. The van der Waals surface area contributed by atoms with E-state index in [-0.39, 0.29) is 0 Å². The van der Waals surface area contributed by atoms with Crippen LogP contribution in [0.5, 0.6) is 0 Å². The van der Waals surface area contributed by atoms with Crippen LogP contribution in [0.15, 0.2) is 95.2 Å². The Bertz CT molecular complexity index is 1090. The zero-order valence-corrected chi connectivity index (χ0v) is 15.6. The van der Waals surface area contributed by atoms with Crippen molar-refractivity contribution in [1.29, 1.82) is 0 Å². The average molecular weight is 393 g/mol. The van der Waals surface area contributed by atoms with Crippen LogP contribution >= 0.6 is 23.2 Å². The SMILES string of the molecule is Clc1cccc(N=Nc2c(-c3ccccc3)nn(-c3ccccc3)c2Cl)c1. The number of halogens is 2. The first-order valence-corrected chi connectivity index (χ1v) is 9.04. The molecule has 0 amide bonds. The summed E-state index contributed by atoms with van der Waals surface area (Å²) < 4.78 is 1.66. The Morgan fingerprint density at radius 3 is 2.15 bits per heavy atom. The molecular formula is C21H14Cl2N4. The maximum Gasteiger partial charge on any atom is 0.161 e. The van der Waals surface area contributed by atoms with Gasteiger partial charge in [-0.3, -0.25) is 0 Å². The second-order valence-corrected chi connectivity index (χ2v) is 6.58. The molecule has 0 unspecified atom stereocenters. The molecule has 4 aromatic rings. The predicted molar refractivity (Wildman–Crippen MR) is 110 cm³/mol. The maximum atomic E-state index is 6.63. The first-order chi connectivity index (χ1) is 13.2. The molecule has 0 N–H and O–H groups in total. The standard InChI is InChI=1S/C21H14Cl2N4/c22-16-10-7-11-17(14-16)24-25-20-19(15-8-3-1-4-9-15)26-27(21(20)23)18-12-5-2-6-13-18/h1-14H. The second-order valence-electron chi connectivity index (χ2n) is 5.78. The van der Waals surface area contributed by atoms with Crippen LogP contribution in [0, 0.1) is 0 Å². The fraction of sp³-hybridized carbons (Fsp3) is 0. The van der Waals surface area contributed by atoms with Crippen molar-refractivity contribution >= 4 is 34.6 Å². The number of benzene rings is 3. The summed E-state index contributed by atoms with van der Waals surface area (Å²) in [5.41, 5.74) is 3.57. The minimum Gasteiger partial charge on any atom is -0.219 e. The number of para-hydroxylation sites is 1. The van der Waals surface area contributed by atoms with E-state index in [0.29, 0.717) is 27.2 Å². The molecule has 0 saturated carbocycles. The van der Waals surface area contributed by atoms with Crippen molar-refractivity contribution in [3.63, 3.8) is 0 Å². The lowest BCUT2D eigenvalue weighted by atomic mass is 10.1. The van der Waals surface area contributed by atoms with E-state index in [1.54, 1.807) is 16.8 Å². The van der Waals surface area contributed by atoms with Gasteiger partial charge in [0.05, 0.1) is 11.4 Å². The molecule has 27 heavy (non-hydrogen) atoms. The van der Waals surface area contributed by atoms with Gasteiger partial charge in [-0.15, -0.1) is 5.11 Å². The molecule has 0 atom stereocenters. The molecule has 3 aromatic carbocycles. The maximum absolute atomic E-state index is 6.63. The van der Waals surface area contributed by atoms with Gasteiger partial charge in [-0.2, -0.15) is 10.2 Å². The molecular weight excluding hydrogens is 379 g/mol. The highest BCUT2D eigenvalue weighted by Crippen LogP contribution is 2.38. The van der Waals surface area contributed by atoms with E-state index in [1.807, 2.05) is 72.8 Å². The van der Waals surface area contributed by atoms with Crippen molar-refractivity contribution < 1.29 is 0 Å². The lowest BCUT2D eigenvalue weighted by molar-refractivity contribution is 0.885. The summed E-state index contributed by atoms with van der Waals surface area (Å²) >= 11 is 12.7. The number of hydrogen-bond acceptors (Lipinski definition) is 3. The van der Waals surface area contributed by atoms with E-state index in [0.717, 1.165) is 11.3 Å². The third kappa shape index (κ3) is 3.77. The van der Waals surface area contributed by atoms with Crippen molar-refractivity contribution in [2.75, 3.05) is 0 Å².